The van der Waals surface area contributed by atoms with E-state index in [-0.39, 0.29) is 13.0 Å². The lowest BCUT2D eigenvalue weighted by molar-refractivity contribution is -0.142. The van der Waals surface area contributed by atoms with Crippen molar-refractivity contribution in [1.29, 1.82) is 0 Å². The van der Waals surface area contributed by atoms with Gasteiger partial charge in [0.1, 0.15) is 18.1 Å². The molecule has 4 unspecified atom stereocenters. The van der Waals surface area contributed by atoms with Gasteiger partial charge in [0, 0.05) is 18.3 Å². The quantitative estimate of drug-likeness (QED) is 0.219. The number of nitrogens with one attached hydrogen (secondary N) is 4. The van der Waals surface area contributed by atoms with Crippen molar-refractivity contribution in [2.24, 2.45) is 5.73 Å². The Kier molecular flexibility index (Phi) is 8.35. The summed E-state index contributed by atoms with van der Waals surface area (Å²) in [5.41, 5.74) is 5.67. The van der Waals surface area contributed by atoms with Crippen LogP contribution in [0.3, 0.4) is 0 Å². The van der Waals surface area contributed by atoms with Gasteiger partial charge in [-0.25, -0.2) is 9.78 Å². The van der Waals surface area contributed by atoms with E-state index in [0.717, 1.165) is 0 Å². The first-order valence-corrected chi connectivity index (χ1v) is 8.14. The van der Waals surface area contributed by atoms with E-state index in [1.165, 1.54) is 26.4 Å². The van der Waals surface area contributed by atoms with Crippen LogP contribution in [0.15, 0.2) is 12.5 Å². The van der Waals surface area contributed by atoms with E-state index in [4.69, 9.17) is 5.73 Å². The molecule has 0 saturated heterocycles. The van der Waals surface area contributed by atoms with Crippen molar-refractivity contribution in [3.8, 4) is 0 Å². The summed E-state index contributed by atoms with van der Waals surface area (Å²) >= 11 is 0. The number of aromatic nitrogens is 2. The molecule has 1 rings (SSSR count). The maximum atomic E-state index is 12.2. The fraction of sp³-hybridized carbons (Fsp3) is 0.533. The lowest BCUT2D eigenvalue weighted by atomic mass is 10.1. The van der Waals surface area contributed by atoms with Crippen LogP contribution in [0.5, 0.6) is 0 Å². The number of carbonyl (C=O) groups is 4. The first kappa shape index (κ1) is 22.1. The Bertz CT molecular complexity index is 662. The number of nitrogens with two attached hydrogens (primary N) is 1. The average molecular weight is 384 g/mol. The van der Waals surface area contributed by atoms with Crippen LogP contribution in [0, 0.1) is 0 Å². The number of amides is 3. The number of hydrogen-bond donors (Lipinski definition) is 7. The Morgan fingerprint density at radius 2 is 1.85 bits per heavy atom. The van der Waals surface area contributed by atoms with E-state index in [2.05, 4.69) is 25.9 Å². The van der Waals surface area contributed by atoms with Crippen LogP contribution in [0.25, 0.3) is 0 Å². The molecule has 4 atom stereocenters. The molecule has 0 aromatic carbocycles. The smallest absolute Gasteiger partial charge is 0.326 e. The topological polar surface area (TPSA) is 200 Å². The number of nitrogens with zero attached hydrogens (tertiary/aromatic N) is 1. The summed E-state index contributed by atoms with van der Waals surface area (Å²) < 4.78 is 0. The second-order valence-corrected chi connectivity index (χ2v) is 5.90. The zero-order valence-corrected chi connectivity index (χ0v) is 14.9. The first-order valence-electron chi connectivity index (χ1n) is 8.14. The van der Waals surface area contributed by atoms with Crippen molar-refractivity contribution in [1.82, 2.24) is 25.9 Å². The van der Waals surface area contributed by atoms with Gasteiger partial charge in [-0.15, -0.1) is 0 Å². The Morgan fingerprint density at radius 3 is 2.33 bits per heavy atom. The van der Waals surface area contributed by atoms with Gasteiger partial charge >= 0.3 is 5.97 Å². The van der Waals surface area contributed by atoms with Crippen LogP contribution < -0.4 is 21.7 Å². The second-order valence-electron chi connectivity index (χ2n) is 5.90. The molecule has 0 fully saturated rings. The zero-order valence-electron chi connectivity index (χ0n) is 14.9. The summed E-state index contributed by atoms with van der Waals surface area (Å²) in [6, 6.07) is -3.66. The molecule has 8 N–H and O–H groups in total. The predicted molar refractivity (Wildman–Crippen MR) is 92.1 cm³/mol. The molecule has 0 spiro atoms. The predicted octanol–water partition coefficient (Wildman–Crippen LogP) is -3.15. The van der Waals surface area contributed by atoms with Gasteiger partial charge in [0.2, 0.25) is 17.7 Å². The molecule has 1 aromatic heterocycles. The Morgan fingerprint density at radius 1 is 1.19 bits per heavy atom. The highest BCUT2D eigenvalue weighted by Crippen LogP contribution is 2.00. The normalized spacial score (nSPS) is 15.1. The molecule has 150 valence electrons. The standard InChI is InChI=1S/C15H24N6O6/c1-7(19-14(25)12(8(2)22)21-11(23)4-16)13(24)20-10(15(26)27)3-9-5-17-6-18-9/h5-8,10,12,22H,3-4,16H2,1-2H3,(H,17,18)(H,19,25)(H,20,24)(H,21,23)(H,26,27). The molecule has 0 saturated carbocycles. The molecular weight excluding hydrogens is 360 g/mol. The molecule has 0 aliphatic heterocycles. The van der Waals surface area contributed by atoms with Gasteiger partial charge in [0.15, 0.2) is 0 Å². The number of rotatable bonds is 10. The van der Waals surface area contributed by atoms with E-state index in [9.17, 15) is 29.4 Å². The third-order valence-electron chi connectivity index (χ3n) is 3.61. The highest BCUT2D eigenvalue weighted by Gasteiger charge is 2.29. The summed E-state index contributed by atoms with van der Waals surface area (Å²) in [7, 11) is 0. The number of H-pyrrole nitrogens is 1. The summed E-state index contributed by atoms with van der Waals surface area (Å²) in [5, 5.41) is 25.7. The van der Waals surface area contributed by atoms with E-state index >= 15 is 0 Å². The first-order chi connectivity index (χ1) is 12.6. The van der Waals surface area contributed by atoms with Crippen LogP contribution >= 0.6 is 0 Å². The molecule has 1 aromatic rings. The minimum absolute atomic E-state index is 0.0232. The van der Waals surface area contributed by atoms with Gasteiger partial charge in [-0.05, 0) is 13.8 Å². The summed E-state index contributed by atoms with van der Waals surface area (Å²) in [5.74, 6) is -3.47. The number of aliphatic hydroxyl groups excluding tert-OH is 1. The number of aliphatic hydroxyl groups is 1. The van der Waals surface area contributed by atoms with Crippen LogP contribution in [0.1, 0.15) is 19.5 Å². The van der Waals surface area contributed by atoms with Gasteiger partial charge < -0.3 is 36.9 Å². The lowest BCUT2D eigenvalue weighted by Gasteiger charge is -2.23. The van der Waals surface area contributed by atoms with Crippen LogP contribution in [0.4, 0.5) is 0 Å². The maximum Gasteiger partial charge on any atom is 0.326 e. The number of carboxylic acid groups (broad SMARTS) is 1. The highest BCUT2D eigenvalue weighted by molar-refractivity contribution is 5.93. The van der Waals surface area contributed by atoms with Crippen molar-refractivity contribution in [3.05, 3.63) is 18.2 Å². The minimum atomic E-state index is -1.31. The van der Waals surface area contributed by atoms with Crippen molar-refractivity contribution in [2.75, 3.05) is 6.54 Å². The summed E-state index contributed by atoms with van der Waals surface area (Å²) in [6.07, 6.45) is 1.55. The SMILES string of the molecule is CC(NC(=O)C(NC(=O)CN)C(C)O)C(=O)NC(Cc1cnc[nH]1)C(=O)O. The van der Waals surface area contributed by atoms with Crippen molar-refractivity contribution < 1.29 is 29.4 Å². The van der Waals surface area contributed by atoms with Crippen LogP contribution in [0.2, 0.25) is 0 Å². The fourth-order valence-electron chi connectivity index (χ4n) is 2.12. The van der Waals surface area contributed by atoms with E-state index < -0.39 is 47.9 Å². The van der Waals surface area contributed by atoms with Crippen LogP contribution in [-0.4, -0.2) is 74.6 Å². The third kappa shape index (κ3) is 7.03. The number of carboxylic acids is 1. The van der Waals surface area contributed by atoms with Crippen molar-refractivity contribution >= 4 is 23.7 Å². The molecule has 0 bridgehead atoms. The molecule has 12 nitrogen and oxygen atoms in total. The van der Waals surface area contributed by atoms with E-state index in [1.807, 2.05) is 0 Å². The molecule has 12 heteroatoms. The van der Waals surface area contributed by atoms with Gasteiger partial charge in [-0.1, -0.05) is 0 Å². The van der Waals surface area contributed by atoms with Crippen molar-refractivity contribution in [3.63, 3.8) is 0 Å². The van der Waals surface area contributed by atoms with Gasteiger partial charge in [-0.3, -0.25) is 14.4 Å². The highest BCUT2D eigenvalue weighted by atomic mass is 16.4. The van der Waals surface area contributed by atoms with E-state index in [1.54, 1.807) is 0 Å². The molecule has 3 amide bonds. The number of imidazole rings is 1. The summed E-state index contributed by atoms with van der Waals surface area (Å²) in [4.78, 5) is 53.6. The number of carbonyl (C=O) groups excluding carboxylic acids is 3. The molecule has 1 heterocycles. The van der Waals surface area contributed by atoms with Crippen molar-refractivity contribution in [2.45, 2.75) is 44.5 Å². The van der Waals surface area contributed by atoms with Crippen LogP contribution in [-0.2, 0) is 25.6 Å². The molecule has 0 aliphatic carbocycles. The number of aromatic amines is 1. The Hall–Kier alpha value is -2.99. The van der Waals surface area contributed by atoms with Gasteiger partial charge in [-0.2, -0.15) is 0 Å². The number of aliphatic carboxylic acids is 1. The molecule has 0 aliphatic rings. The Balaban J connectivity index is 2.68. The fourth-order valence-corrected chi connectivity index (χ4v) is 2.12. The monoisotopic (exact) mass is 384 g/mol. The Labute approximate surface area is 154 Å². The maximum absolute atomic E-state index is 12.2. The zero-order chi connectivity index (χ0) is 20.6. The number of hydrogen-bond acceptors (Lipinski definition) is 7. The van der Waals surface area contributed by atoms with E-state index in [0.29, 0.717) is 5.69 Å². The largest absolute Gasteiger partial charge is 0.480 e. The van der Waals surface area contributed by atoms with Gasteiger partial charge in [0.05, 0.1) is 19.0 Å². The molecule has 27 heavy (non-hydrogen) atoms. The summed E-state index contributed by atoms with van der Waals surface area (Å²) in [6.45, 7) is 2.25. The minimum Gasteiger partial charge on any atom is -0.480 e. The molecular formula is C15H24N6O6. The third-order valence-corrected chi connectivity index (χ3v) is 3.61. The van der Waals surface area contributed by atoms with Gasteiger partial charge in [0.25, 0.3) is 0 Å². The lowest BCUT2D eigenvalue weighted by Crippen LogP contribution is -2.58. The molecule has 0 radical (unpaired) electrons. The average Bonchev–Trinajstić information content (AvgIpc) is 3.11. The second kappa shape index (κ2) is 10.2.